The van der Waals surface area contributed by atoms with Crippen LogP contribution in [0.5, 0.6) is 0 Å². The van der Waals surface area contributed by atoms with Gasteiger partial charge in [0, 0.05) is 86.1 Å². The number of benzene rings is 1. The van der Waals surface area contributed by atoms with E-state index in [0.717, 1.165) is 4.90 Å². The van der Waals surface area contributed by atoms with Crippen LogP contribution in [-0.2, 0) is 79.8 Å². The molecular formula is C15H13B4N2O3Y2-. The quantitative estimate of drug-likeness (QED) is 0.269. The summed E-state index contributed by atoms with van der Waals surface area (Å²) in [7, 11) is 23.3. The van der Waals surface area contributed by atoms with Gasteiger partial charge in [-0.2, -0.15) is 27.5 Å². The predicted molar refractivity (Wildman–Crippen MR) is 94.8 cm³/mol. The molecule has 1 aliphatic heterocycles. The Kier molecular flexibility index (Phi) is 10.7. The zero-order chi connectivity index (χ0) is 18.2. The molecule has 0 saturated carbocycles. The summed E-state index contributed by atoms with van der Waals surface area (Å²) >= 11 is 0. The molecule has 1 atom stereocenters. The molecule has 0 spiro atoms. The van der Waals surface area contributed by atoms with Gasteiger partial charge in [-0.1, -0.05) is 13.5 Å². The van der Waals surface area contributed by atoms with Crippen molar-refractivity contribution in [3.05, 3.63) is 17.7 Å². The first-order valence-corrected chi connectivity index (χ1v) is 7.37. The molecule has 1 saturated heterocycles. The molecule has 1 heterocycles. The van der Waals surface area contributed by atoms with Crippen LogP contribution in [0.4, 0.5) is 0 Å². The van der Waals surface area contributed by atoms with Crippen molar-refractivity contribution in [2.45, 2.75) is 32.7 Å². The number of hydrogen-bond donors (Lipinski definition) is 1. The molecule has 5 nitrogen and oxygen atoms in total. The molecule has 10 radical (unpaired) electrons. The zero-order valence-corrected chi connectivity index (χ0v) is 20.4. The number of hydrogen-bond acceptors (Lipinski definition) is 3. The molecule has 1 N–H and O–H groups in total. The van der Waals surface area contributed by atoms with E-state index >= 15 is 0 Å². The molecule has 120 valence electrons. The summed E-state index contributed by atoms with van der Waals surface area (Å²) in [6.45, 7) is 4.52. The van der Waals surface area contributed by atoms with Crippen LogP contribution in [0.15, 0.2) is 0 Å². The summed E-state index contributed by atoms with van der Waals surface area (Å²) in [6.07, 6.45) is 0.245. The summed E-state index contributed by atoms with van der Waals surface area (Å²) in [4.78, 5) is 36.6. The third kappa shape index (κ3) is 5.15. The number of likely N-dealkylation sites (tertiary alicyclic amines) is 1. The van der Waals surface area contributed by atoms with Crippen LogP contribution in [0.25, 0.3) is 0 Å². The Hall–Kier alpha value is 0.168. The number of rotatable bonds is 4. The van der Waals surface area contributed by atoms with Gasteiger partial charge in [0.1, 0.15) is 13.9 Å². The normalized spacial score (nSPS) is 14.3. The molecule has 0 aromatic heterocycles. The number of imide groups is 1. The Morgan fingerprint density at radius 1 is 1.00 bits per heavy atom. The van der Waals surface area contributed by atoms with Crippen molar-refractivity contribution in [2.75, 3.05) is 0 Å². The molecule has 1 fully saturated rings. The molecule has 0 bridgehead atoms. The van der Waals surface area contributed by atoms with Gasteiger partial charge in [0.05, 0.1) is 15.7 Å². The fourth-order valence-electron chi connectivity index (χ4n) is 2.58. The standard InChI is InChI=1S/C15H13B4N2O3.2Y/c1-6-8(12(17)14(19)13(18)11(6)16)5-20-15(24)7(2)21-9(22)3-4-10(21)23;;/h5,7H,3-4H2,1-2H3,(H,20,24);;/q-1;;. The summed E-state index contributed by atoms with van der Waals surface area (Å²) < 4.78 is 0. The molecule has 1 aliphatic rings. The van der Waals surface area contributed by atoms with Crippen LogP contribution in [0.1, 0.15) is 30.9 Å². The number of amides is 3. The van der Waals surface area contributed by atoms with E-state index in [1.165, 1.54) is 13.5 Å². The van der Waals surface area contributed by atoms with Crippen molar-refractivity contribution in [1.29, 1.82) is 0 Å². The first kappa shape index (κ1) is 26.2. The maximum Gasteiger partial charge on any atom is 0.236 e. The Morgan fingerprint density at radius 2 is 1.46 bits per heavy atom. The van der Waals surface area contributed by atoms with Gasteiger partial charge in [-0.15, -0.1) is 5.46 Å². The van der Waals surface area contributed by atoms with E-state index in [9.17, 15) is 14.4 Å². The maximum absolute atomic E-state index is 12.2. The summed E-state index contributed by atoms with van der Waals surface area (Å²) in [6, 6.07) is -0.922. The number of carbonyl (C=O) groups excluding carboxylic acids is 3. The first-order chi connectivity index (χ1) is 11.2. The van der Waals surface area contributed by atoms with Gasteiger partial charge in [-0.3, -0.25) is 19.3 Å². The van der Waals surface area contributed by atoms with Crippen molar-refractivity contribution in [2.24, 2.45) is 0 Å². The van der Waals surface area contributed by atoms with E-state index in [1.54, 1.807) is 6.92 Å². The zero-order valence-electron chi connectivity index (χ0n) is 14.7. The van der Waals surface area contributed by atoms with Crippen molar-refractivity contribution >= 4 is 71.0 Å². The molecule has 0 aliphatic carbocycles. The summed E-state index contributed by atoms with van der Waals surface area (Å²) in [5.41, 5.74) is 1.80. The van der Waals surface area contributed by atoms with Crippen LogP contribution in [-0.4, -0.2) is 60.0 Å². The average molecular weight is 490 g/mol. The monoisotopic (exact) mass is 491 g/mol. The second-order valence-corrected chi connectivity index (χ2v) is 5.68. The minimum absolute atomic E-state index is 0. The van der Waals surface area contributed by atoms with Crippen LogP contribution in [0.2, 0.25) is 0 Å². The van der Waals surface area contributed by atoms with Gasteiger partial charge < -0.3 is 5.32 Å². The third-order valence-electron chi connectivity index (χ3n) is 4.18. The van der Waals surface area contributed by atoms with Crippen LogP contribution in [0.3, 0.4) is 0 Å². The molecule has 1 aromatic carbocycles. The average Bonchev–Trinajstić information content (AvgIpc) is 2.88. The van der Waals surface area contributed by atoms with Crippen LogP contribution < -0.4 is 27.2 Å². The van der Waals surface area contributed by atoms with E-state index in [-0.39, 0.29) is 112 Å². The van der Waals surface area contributed by atoms with Crippen molar-refractivity contribution < 1.29 is 79.8 Å². The van der Waals surface area contributed by atoms with Gasteiger partial charge in [-0.25, -0.2) is 0 Å². The molecular weight excluding hydrogens is 477 g/mol. The summed E-state index contributed by atoms with van der Waals surface area (Å²) in [5, 5.41) is 2.53. The maximum atomic E-state index is 12.2. The van der Waals surface area contributed by atoms with E-state index in [0.29, 0.717) is 11.1 Å². The summed E-state index contributed by atoms with van der Waals surface area (Å²) in [5.74, 6) is -1.25. The van der Waals surface area contributed by atoms with E-state index in [4.69, 9.17) is 31.4 Å². The van der Waals surface area contributed by atoms with E-state index in [2.05, 4.69) is 5.32 Å². The Balaban J connectivity index is 0.00000312. The van der Waals surface area contributed by atoms with Gasteiger partial charge in [0.2, 0.25) is 17.7 Å². The van der Waals surface area contributed by atoms with Crippen molar-refractivity contribution in [1.82, 2.24) is 10.2 Å². The van der Waals surface area contributed by atoms with Crippen molar-refractivity contribution in [3.63, 3.8) is 0 Å². The predicted octanol–water partition coefficient (Wildman–Crippen LogP) is -3.67. The van der Waals surface area contributed by atoms with E-state index < -0.39 is 11.9 Å². The second kappa shape index (κ2) is 10.6. The SMILES string of the molecule is [B]c1c([B])c([B])c([CH-]NC(=O)C(C)N2C(=O)CCC2=O)c(C)c1[B].[Y].[Y]. The van der Waals surface area contributed by atoms with Crippen LogP contribution in [0, 0.1) is 13.5 Å². The molecule has 11 heteroatoms. The van der Waals surface area contributed by atoms with Crippen molar-refractivity contribution in [3.8, 4) is 0 Å². The molecule has 26 heavy (non-hydrogen) atoms. The minimum Gasteiger partial charge on any atom is -0.383 e. The van der Waals surface area contributed by atoms with Crippen LogP contribution >= 0.6 is 0 Å². The fourth-order valence-corrected chi connectivity index (χ4v) is 2.58. The number of carbonyl (C=O) groups is 3. The first-order valence-electron chi connectivity index (χ1n) is 7.37. The smallest absolute Gasteiger partial charge is 0.236 e. The minimum atomic E-state index is -0.922. The molecule has 1 unspecified atom stereocenters. The topological polar surface area (TPSA) is 66.5 Å². The van der Waals surface area contributed by atoms with Gasteiger partial charge >= 0.3 is 0 Å². The number of nitrogens with zero attached hydrogens (tertiary/aromatic N) is 1. The number of nitrogens with one attached hydrogen (secondary N) is 1. The second-order valence-electron chi connectivity index (χ2n) is 5.68. The van der Waals surface area contributed by atoms with Gasteiger partial charge in [0.15, 0.2) is 0 Å². The van der Waals surface area contributed by atoms with E-state index in [1.807, 2.05) is 0 Å². The van der Waals surface area contributed by atoms with Gasteiger partial charge in [-0.05, 0) is 6.92 Å². The largest absolute Gasteiger partial charge is 0.383 e. The Labute approximate surface area is 209 Å². The van der Waals surface area contributed by atoms with Gasteiger partial charge in [0.25, 0.3) is 0 Å². The Bertz CT molecular complexity index is 701. The Morgan fingerprint density at radius 3 is 1.96 bits per heavy atom. The molecule has 2 rings (SSSR count). The molecule has 3 amide bonds. The fraction of sp³-hybridized carbons (Fsp3) is 0.333. The molecule has 1 aromatic rings. The third-order valence-corrected chi connectivity index (χ3v) is 4.18.